The lowest BCUT2D eigenvalue weighted by Crippen LogP contribution is -2.46. The molecule has 0 bridgehead atoms. The smallest absolute Gasteiger partial charge is 0.194 e. The second-order valence-electron chi connectivity index (χ2n) is 6.76. The van der Waals surface area contributed by atoms with E-state index >= 15 is 0 Å². The number of halogens is 2. The van der Waals surface area contributed by atoms with Crippen LogP contribution < -0.4 is 5.32 Å². The summed E-state index contributed by atoms with van der Waals surface area (Å²) in [4.78, 5) is 6.86. The van der Waals surface area contributed by atoms with Gasteiger partial charge in [0.2, 0.25) is 0 Å². The monoisotopic (exact) mass is 552 g/mol. The molecule has 9 heteroatoms. The lowest BCUT2D eigenvalue weighted by atomic mass is 10.2. The van der Waals surface area contributed by atoms with E-state index in [1.807, 2.05) is 55.7 Å². The van der Waals surface area contributed by atoms with Gasteiger partial charge in [-0.1, -0.05) is 36.7 Å². The predicted molar refractivity (Wildman–Crippen MR) is 131 cm³/mol. The Morgan fingerprint density at radius 3 is 2.45 bits per heavy atom. The van der Waals surface area contributed by atoms with Crippen molar-refractivity contribution in [3.8, 4) is 0 Å². The summed E-state index contributed by atoms with van der Waals surface area (Å²) in [7, 11) is 0.498. The summed E-state index contributed by atoms with van der Waals surface area (Å²) in [6, 6.07) is 10.2. The molecule has 2 rings (SSSR count). The summed E-state index contributed by atoms with van der Waals surface area (Å²) in [5.74, 6) is 0.690. The van der Waals surface area contributed by atoms with Gasteiger partial charge in [-0.15, -0.1) is 24.0 Å². The maximum absolute atomic E-state index is 12.7. The summed E-state index contributed by atoms with van der Waals surface area (Å²) in [6.07, 6.45) is 2.52. The first kappa shape index (κ1) is 25.8. The van der Waals surface area contributed by atoms with Gasteiger partial charge in [-0.05, 0) is 31.5 Å². The van der Waals surface area contributed by atoms with E-state index in [9.17, 15) is 8.42 Å². The fourth-order valence-electron chi connectivity index (χ4n) is 2.90. The Morgan fingerprint density at radius 1 is 1.28 bits per heavy atom. The van der Waals surface area contributed by atoms with Crippen molar-refractivity contribution in [1.82, 2.24) is 14.8 Å². The Balaban J connectivity index is 0.00000420. The molecule has 0 aliphatic rings. The summed E-state index contributed by atoms with van der Waals surface area (Å²) < 4.78 is 27.4. The maximum atomic E-state index is 12.7. The van der Waals surface area contributed by atoms with Gasteiger partial charge in [-0.25, -0.2) is 8.42 Å². The van der Waals surface area contributed by atoms with Crippen LogP contribution in [-0.4, -0.2) is 49.2 Å². The minimum atomic E-state index is -3.38. The van der Waals surface area contributed by atoms with E-state index in [2.05, 4.69) is 10.3 Å². The van der Waals surface area contributed by atoms with Crippen LogP contribution in [0.2, 0.25) is 5.02 Å². The Kier molecular flexibility index (Phi) is 10.5. The zero-order valence-corrected chi connectivity index (χ0v) is 21.2. The molecule has 0 radical (unpaired) electrons. The number of nitrogens with one attached hydrogen (secondary N) is 1. The number of hydrogen-bond acceptors (Lipinski definition) is 3. The number of rotatable bonds is 8. The van der Waals surface area contributed by atoms with Crippen LogP contribution in [0.3, 0.4) is 0 Å². The first-order valence-electron chi connectivity index (χ1n) is 9.37. The zero-order chi connectivity index (χ0) is 20.7. The molecule has 1 aromatic carbocycles. The Labute approximate surface area is 196 Å². The van der Waals surface area contributed by atoms with Crippen molar-refractivity contribution in [2.75, 3.05) is 19.3 Å². The molecule has 1 heterocycles. The van der Waals surface area contributed by atoms with Crippen molar-refractivity contribution in [2.24, 2.45) is 12.0 Å². The van der Waals surface area contributed by atoms with E-state index in [0.717, 1.165) is 5.69 Å². The Morgan fingerprint density at radius 2 is 1.93 bits per heavy atom. The molecule has 0 aliphatic heterocycles. The second kappa shape index (κ2) is 11.8. The number of hydrogen-bond donors (Lipinski definition) is 1. The highest BCUT2D eigenvalue weighted by atomic mass is 127. The van der Waals surface area contributed by atoms with Gasteiger partial charge < -0.3 is 14.8 Å². The highest BCUT2D eigenvalue weighted by molar-refractivity contribution is 14.0. The largest absolute Gasteiger partial charge is 0.352 e. The van der Waals surface area contributed by atoms with Gasteiger partial charge in [0.15, 0.2) is 15.8 Å². The van der Waals surface area contributed by atoms with E-state index in [4.69, 9.17) is 11.6 Å². The Bertz CT molecular complexity index is 900. The van der Waals surface area contributed by atoms with Crippen LogP contribution in [0.5, 0.6) is 0 Å². The average Bonchev–Trinajstić information content (AvgIpc) is 2.98. The molecule has 0 saturated carbocycles. The van der Waals surface area contributed by atoms with Gasteiger partial charge in [0.05, 0.1) is 22.2 Å². The average molecular weight is 553 g/mol. The van der Waals surface area contributed by atoms with E-state index in [-0.39, 0.29) is 35.8 Å². The second-order valence-corrected chi connectivity index (χ2v) is 9.23. The van der Waals surface area contributed by atoms with Crippen LogP contribution in [0.4, 0.5) is 0 Å². The highest BCUT2D eigenvalue weighted by Gasteiger charge is 2.22. The van der Waals surface area contributed by atoms with Gasteiger partial charge in [-0.3, -0.25) is 4.99 Å². The number of aliphatic imine (C=N–C) groups is 1. The topological polar surface area (TPSA) is 66.7 Å². The molecule has 0 fully saturated rings. The van der Waals surface area contributed by atoms with Crippen LogP contribution in [-0.2, 0) is 23.4 Å². The standard InChI is InChI=1S/C20H29ClN4O2S.HI/c1-5-17(15-28(26,27)19-10-8-7-9-11-19)23-20(22-6-2)25(4)14-18-12-16(21)13-24(18)3;/h7-13,17H,5-6,14-15H2,1-4H3,(H,22,23);1H. The van der Waals surface area contributed by atoms with Crippen molar-refractivity contribution in [2.45, 2.75) is 37.8 Å². The maximum Gasteiger partial charge on any atom is 0.194 e. The van der Waals surface area contributed by atoms with Gasteiger partial charge >= 0.3 is 0 Å². The molecule has 2 aromatic rings. The third kappa shape index (κ3) is 7.49. The fraction of sp³-hybridized carbons (Fsp3) is 0.450. The zero-order valence-electron chi connectivity index (χ0n) is 17.3. The Hall–Kier alpha value is -1.26. The normalized spacial score (nSPS) is 12.9. The molecule has 0 saturated heterocycles. The summed E-state index contributed by atoms with van der Waals surface area (Å²) in [5, 5.41) is 4.02. The van der Waals surface area contributed by atoms with Crippen molar-refractivity contribution < 1.29 is 8.42 Å². The quantitative estimate of drug-likeness (QED) is 0.306. The van der Waals surface area contributed by atoms with Crippen LogP contribution in [0, 0.1) is 0 Å². The lowest BCUT2D eigenvalue weighted by Gasteiger charge is -2.27. The number of aryl methyl sites for hydroxylation is 1. The van der Waals surface area contributed by atoms with Gasteiger partial charge in [0, 0.05) is 38.6 Å². The summed E-state index contributed by atoms with van der Waals surface area (Å²) in [6.45, 7) is 5.13. The molecule has 0 amide bonds. The molecule has 1 atom stereocenters. The SMILES string of the molecule is CCN=C(NC(CC)CS(=O)(=O)c1ccccc1)N(C)Cc1cc(Cl)cn1C.I. The van der Waals surface area contributed by atoms with Crippen LogP contribution in [0.25, 0.3) is 0 Å². The predicted octanol–water partition coefficient (Wildman–Crippen LogP) is 3.95. The van der Waals surface area contributed by atoms with Gasteiger partial charge in [0.25, 0.3) is 0 Å². The molecule has 0 aliphatic carbocycles. The highest BCUT2D eigenvalue weighted by Crippen LogP contribution is 2.15. The minimum absolute atomic E-state index is 0. The van der Waals surface area contributed by atoms with Crippen molar-refractivity contribution in [3.05, 3.63) is 53.3 Å². The van der Waals surface area contributed by atoms with Crippen molar-refractivity contribution >= 4 is 51.4 Å². The molecular weight excluding hydrogens is 523 g/mol. The van der Waals surface area contributed by atoms with E-state index in [1.165, 1.54) is 0 Å². The molecule has 0 spiro atoms. The van der Waals surface area contributed by atoms with Crippen LogP contribution in [0.1, 0.15) is 26.0 Å². The number of nitrogens with zero attached hydrogens (tertiary/aromatic N) is 3. The summed E-state index contributed by atoms with van der Waals surface area (Å²) >= 11 is 6.08. The first-order valence-corrected chi connectivity index (χ1v) is 11.4. The van der Waals surface area contributed by atoms with Crippen molar-refractivity contribution in [3.63, 3.8) is 0 Å². The number of sulfone groups is 1. The third-order valence-electron chi connectivity index (χ3n) is 4.49. The molecule has 1 unspecified atom stereocenters. The van der Waals surface area contributed by atoms with E-state index in [1.54, 1.807) is 24.3 Å². The fourth-order valence-corrected chi connectivity index (χ4v) is 4.79. The molecule has 6 nitrogen and oxygen atoms in total. The summed E-state index contributed by atoms with van der Waals surface area (Å²) in [5.41, 5.74) is 1.04. The van der Waals surface area contributed by atoms with Crippen LogP contribution >= 0.6 is 35.6 Å². The number of benzene rings is 1. The molecule has 162 valence electrons. The minimum Gasteiger partial charge on any atom is -0.352 e. The first-order chi connectivity index (χ1) is 13.3. The molecule has 1 aromatic heterocycles. The number of guanidine groups is 1. The molecule has 1 N–H and O–H groups in total. The van der Waals surface area contributed by atoms with Crippen LogP contribution in [0.15, 0.2) is 52.5 Å². The van der Waals surface area contributed by atoms with Gasteiger partial charge in [-0.2, -0.15) is 0 Å². The van der Waals surface area contributed by atoms with E-state index < -0.39 is 9.84 Å². The van der Waals surface area contributed by atoms with Crippen molar-refractivity contribution in [1.29, 1.82) is 0 Å². The van der Waals surface area contributed by atoms with E-state index in [0.29, 0.717) is 35.4 Å². The van der Waals surface area contributed by atoms with Gasteiger partial charge in [0.1, 0.15) is 0 Å². The lowest BCUT2D eigenvalue weighted by molar-refractivity contribution is 0.447. The number of aromatic nitrogens is 1. The molecular formula is C20H30ClIN4O2S. The third-order valence-corrected chi connectivity index (χ3v) is 6.53. The molecule has 29 heavy (non-hydrogen) atoms.